The number of piperidine rings is 1. The van der Waals surface area contributed by atoms with E-state index >= 15 is 0 Å². The predicted molar refractivity (Wildman–Crippen MR) is 77.4 cm³/mol. The number of anilines is 1. The number of carbonyl (C=O) groups excluding carboxylic acids is 1. The van der Waals surface area contributed by atoms with Crippen LogP contribution in [-0.2, 0) is 0 Å². The third-order valence-corrected chi connectivity index (χ3v) is 3.83. The van der Waals surface area contributed by atoms with Crippen LogP contribution in [0.5, 0.6) is 0 Å². The van der Waals surface area contributed by atoms with E-state index in [4.69, 9.17) is 16.7 Å². The summed E-state index contributed by atoms with van der Waals surface area (Å²) in [5.74, 6) is -1.05. The fraction of sp³-hybridized carbons (Fsp3) is 0.429. The van der Waals surface area contributed by atoms with E-state index in [2.05, 4.69) is 5.32 Å². The molecule has 0 radical (unpaired) electrons. The Morgan fingerprint density at radius 3 is 2.75 bits per heavy atom. The quantitative estimate of drug-likeness (QED) is 0.878. The SMILES string of the molecule is CC1CCCCN1C(=O)Nc1ccc(C(=O)O)cc1Cl. The minimum Gasteiger partial charge on any atom is -0.478 e. The van der Waals surface area contributed by atoms with E-state index in [-0.39, 0.29) is 22.7 Å². The molecule has 1 fully saturated rings. The highest BCUT2D eigenvalue weighted by Crippen LogP contribution is 2.24. The second-order valence-electron chi connectivity index (χ2n) is 4.97. The van der Waals surface area contributed by atoms with Gasteiger partial charge in [0.05, 0.1) is 16.3 Å². The van der Waals surface area contributed by atoms with Crippen LogP contribution in [0.2, 0.25) is 5.02 Å². The van der Waals surface area contributed by atoms with E-state index in [1.165, 1.54) is 18.2 Å². The zero-order valence-electron chi connectivity index (χ0n) is 11.2. The van der Waals surface area contributed by atoms with Gasteiger partial charge in [0.25, 0.3) is 0 Å². The first-order valence-electron chi connectivity index (χ1n) is 6.59. The Bertz CT molecular complexity index is 533. The largest absolute Gasteiger partial charge is 0.478 e. The number of hydrogen-bond donors (Lipinski definition) is 2. The topological polar surface area (TPSA) is 69.6 Å². The standard InChI is InChI=1S/C14H17ClN2O3/c1-9-4-2-3-7-17(9)14(20)16-12-6-5-10(13(18)19)8-11(12)15/h5-6,8-9H,2-4,7H2,1H3,(H,16,20)(H,18,19). The summed E-state index contributed by atoms with van der Waals surface area (Å²) in [6.07, 6.45) is 3.14. The monoisotopic (exact) mass is 296 g/mol. The molecule has 1 aromatic rings. The first-order valence-corrected chi connectivity index (χ1v) is 6.97. The van der Waals surface area contributed by atoms with Crippen molar-refractivity contribution in [3.05, 3.63) is 28.8 Å². The molecule has 1 aliphatic heterocycles. The van der Waals surface area contributed by atoms with Crippen LogP contribution >= 0.6 is 11.6 Å². The Kier molecular flexibility index (Phi) is 4.49. The van der Waals surface area contributed by atoms with Gasteiger partial charge >= 0.3 is 12.0 Å². The Morgan fingerprint density at radius 2 is 2.15 bits per heavy atom. The summed E-state index contributed by atoms with van der Waals surface area (Å²) in [5, 5.41) is 11.8. The van der Waals surface area contributed by atoms with E-state index in [1.54, 1.807) is 4.90 Å². The maximum atomic E-state index is 12.2. The highest BCUT2D eigenvalue weighted by atomic mass is 35.5. The molecule has 1 aliphatic rings. The second-order valence-corrected chi connectivity index (χ2v) is 5.38. The number of amides is 2. The summed E-state index contributed by atoms with van der Waals surface area (Å²) in [4.78, 5) is 24.8. The smallest absolute Gasteiger partial charge is 0.335 e. The molecule has 1 unspecified atom stereocenters. The van der Waals surface area contributed by atoms with Gasteiger partial charge in [-0.1, -0.05) is 11.6 Å². The number of benzene rings is 1. The number of nitrogens with zero attached hydrogens (tertiary/aromatic N) is 1. The van der Waals surface area contributed by atoms with Gasteiger partial charge in [-0.05, 0) is 44.4 Å². The molecule has 5 nitrogen and oxygen atoms in total. The van der Waals surface area contributed by atoms with E-state index in [0.29, 0.717) is 5.69 Å². The molecule has 0 saturated carbocycles. The van der Waals surface area contributed by atoms with E-state index in [9.17, 15) is 9.59 Å². The van der Waals surface area contributed by atoms with Crippen LogP contribution in [-0.4, -0.2) is 34.6 Å². The summed E-state index contributed by atoms with van der Waals surface area (Å²) < 4.78 is 0. The van der Waals surface area contributed by atoms with Crippen molar-refractivity contribution in [2.45, 2.75) is 32.2 Å². The van der Waals surface area contributed by atoms with Crippen molar-refractivity contribution in [2.75, 3.05) is 11.9 Å². The number of carbonyl (C=O) groups is 2. The number of likely N-dealkylation sites (tertiary alicyclic amines) is 1. The zero-order chi connectivity index (χ0) is 14.7. The van der Waals surface area contributed by atoms with Crippen molar-refractivity contribution in [2.24, 2.45) is 0 Å². The lowest BCUT2D eigenvalue weighted by Gasteiger charge is -2.33. The van der Waals surface area contributed by atoms with Crippen molar-refractivity contribution >= 4 is 29.3 Å². The molecule has 0 spiro atoms. The molecule has 0 bridgehead atoms. The van der Waals surface area contributed by atoms with Crippen LogP contribution in [0.1, 0.15) is 36.5 Å². The highest BCUT2D eigenvalue weighted by molar-refractivity contribution is 6.34. The van der Waals surface area contributed by atoms with Crippen molar-refractivity contribution in [3.8, 4) is 0 Å². The first kappa shape index (κ1) is 14.7. The van der Waals surface area contributed by atoms with E-state index in [1.807, 2.05) is 6.92 Å². The summed E-state index contributed by atoms with van der Waals surface area (Å²) in [5.41, 5.74) is 0.527. The molecule has 2 rings (SSSR count). The van der Waals surface area contributed by atoms with E-state index in [0.717, 1.165) is 25.8 Å². The third-order valence-electron chi connectivity index (χ3n) is 3.52. The number of hydrogen-bond acceptors (Lipinski definition) is 2. The van der Waals surface area contributed by atoms with Crippen molar-refractivity contribution in [1.29, 1.82) is 0 Å². The Morgan fingerprint density at radius 1 is 1.40 bits per heavy atom. The lowest BCUT2D eigenvalue weighted by Crippen LogP contribution is -2.44. The maximum absolute atomic E-state index is 12.2. The van der Waals surface area contributed by atoms with Gasteiger partial charge in [-0.3, -0.25) is 0 Å². The number of nitrogens with one attached hydrogen (secondary N) is 1. The number of carboxylic acids is 1. The molecule has 0 aromatic heterocycles. The Balaban J connectivity index is 2.09. The van der Waals surface area contributed by atoms with Crippen LogP contribution in [0.4, 0.5) is 10.5 Å². The normalized spacial score (nSPS) is 18.7. The second kappa shape index (κ2) is 6.13. The zero-order valence-corrected chi connectivity index (χ0v) is 12.0. The Hall–Kier alpha value is -1.75. The summed E-state index contributed by atoms with van der Waals surface area (Å²) in [6, 6.07) is 4.28. The third kappa shape index (κ3) is 3.22. The van der Waals surface area contributed by atoms with Crippen LogP contribution in [0, 0.1) is 0 Å². The molecule has 1 heterocycles. The number of carboxylic acid groups (broad SMARTS) is 1. The minimum atomic E-state index is -1.05. The number of halogens is 1. The highest BCUT2D eigenvalue weighted by Gasteiger charge is 2.23. The van der Waals surface area contributed by atoms with Gasteiger partial charge in [-0.15, -0.1) is 0 Å². The molecule has 108 valence electrons. The fourth-order valence-corrected chi connectivity index (χ4v) is 2.56. The average molecular weight is 297 g/mol. The van der Waals surface area contributed by atoms with Crippen LogP contribution in [0.15, 0.2) is 18.2 Å². The van der Waals surface area contributed by atoms with Crippen molar-refractivity contribution in [3.63, 3.8) is 0 Å². The maximum Gasteiger partial charge on any atom is 0.335 e. The number of urea groups is 1. The van der Waals surface area contributed by atoms with E-state index < -0.39 is 5.97 Å². The molecule has 2 N–H and O–H groups in total. The lowest BCUT2D eigenvalue weighted by atomic mass is 10.0. The number of aromatic carboxylic acids is 1. The van der Waals surface area contributed by atoms with Crippen LogP contribution in [0.3, 0.4) is 0 Å². The van der Waals surface area contributed by atoms with Crippen LogP contribution in [0.25, 0.3) is 0 Å². The molecule has 0 aliphatic carbocycles. The summed E-state index contributed by atoms with van der Waals surface area (Å²) >= 11 is 6.00. The average Bonchev–Trinajstić information content (AvgIpc) is 2.41. The molecular weight excluding hydrogens is 280 g/mol. The first-order chi connectivity index (χ1) is 9.49. The summed E-state index contributed by atoms with van der Waals surface area (Å²) in [7, 11) is 0. The molecular formula is C14H17ClN2O3. The molecule has 1 aromatic carbocycles. The van der Waals surface area contributed by atoms with Gasteiger partial charge in [-0.2, -0.15) is 0 Å². The predicted octanol–water partition coefficient (Wildman–Crippen LogP) is 3.44. The summed E-state index contributed by atoms with van der Waals surface area (Å²) in [6.45, 7) is 2.76. The van der Waals surface area contributed by atoms with Gasteiger partial charge in [-0.25, -0.2) is 9.59 Å². The molecule has 2 amide bonds. The lowest BCUT2D eigenvalue weighted by molar-refractivity contribution is 0.0697. The van der Waals surface area contributed by atoms with Crippen LogP contribution < -0.4 is 5.32 Å². The molecule has 20 heavy (non-hydrogen) atoms. The van der Waals surface area contributed by atoms with Gasteiger partial charge < -0.3 is 15.3 Å². The minimum absolute atomic E-state index is 0.0966. The number of rotatable bonds is 2. The van der Waals surface area contributed by atoms with Gasteiger partial charge in [0.15, 0.2) is 0 Å². The van der Waals surface area contributed by atoms with Gasteiger partial charge in [0.2, 0.25) is 0 Å². The molecule has 1 atom stereocenters. The Labute approximate surface area is 122 Å². The van der Waals surface area contributed by atoms with Crippen molar-refractivity contribution < 1.29 is 14.7 Å². The fourth-order valence-electron chi connectivity index (χ4n) is 2.34. The van der Waals surface area contributed by atoms with Gasteiger partial charge in [0, 0.05) is 12.6 Å². The van der Waals surface area contributed by atoms with Crippen molar-refractivity contribution in [1.82, 2.24) is 4.90 Å². The molecule has 6 heteroatoms. The molecule has 1 saturated heterocycles. The van der Waals surface area contributed by atoms with Gasteiger partial charge in [0.1, 0.15) is 0 Å².